The van der Waals surface area contributed by atoms with E-state index in [0.29, 0.717) is 5.75 Å². The normalized spacial score (nSPS) is 20.8. The van der Waals surface area contributed by atoms with Gasteiger partial charge in [0, 0.05) is 43.5 Å². The first kappa shape index (κ1) is 51.8. The van der Waals surface area contributed by atoms with E-state index in [9.17, 15) is 67.5 Å². The van der Waals surface area contributed by atoms with Gasteiger partial charge in [0.1, 0.15) is 36.3 Å². The van der Waals surface area contributed by atoms with Crippen molar-refractivity contribution in [2.24, 2.45) is 11.3 Å². The number of carbonyl (C=O) groups is 5. The van der Waals surface area contributed by atoms with Crippen molar-refractivity contribution in [1.29, 1.82) is 0 Å². The lowest BCUT2D eigenvalue weighted by Crippen LogP contribution is -2.46. The quantitative estimate of drug-likeness (QED) is 0.0401. The summed E-state index contributed by atoms with van der Waals surface area (Å²) in [5.74, 6) is -3.67. The third-order valence-corrected chi connectivity index (χ3v) is 11.3. The van der Waals surface area contributed by atoms with Crippen molar-refractivity contribution in [2.75, 3.05) is 37.8 Å². The third-order valence-electron chi connectivity index (χ3n) is 7.52. The van der Waals surface area contributed by atoms with Crippen LogP contribution in [-0.4, -0.2) is 120 Å². The molecule has 7 N–H and O–H groups in total. The number of Topliss-reactive ketones (excluding diaryl/α,β-unsaturated/α-hetero) is 1. The van der Waals surface area contributed by atoms with Gasteiger partial charge in [-0.25, -0.2) is 24.1 Å². The second kappa shape index (κ2) is 22.0. The number of anilines is 1. The minimum atomic E-state index is -5.90. The number of thioether (sulfide) groups is 1. The van der Waals surface area contributed by atoms with Crippen LogP contribution in [0.15, 0.2) is 12.7 Å². The van der Waals surface area contributed by atoms with Crippen LogP contribution in [0.2, 0.25) is 0 Å². The maximum absolute atomic E-state index is 12.4. The number of ether oxygens (including phenoxy) is 1. The number of hydrogen-bond acceptors (Lipinski definition) is 24. The highest BCUT2D eigenvalue weighted by atomic mass is 32.2. The number of phosphoric ester groups is 3. The molecule has 2 aromatic heterocycles. The molecule has 334 valence electrons. The number of hydrogen-bond donors (Lipinski definition) is 6. The highest BCUT2D eigenvalue weighted by Gasteiger charge is 2.47. The van der Waals surface area contributed by atoms with Gasteiger partial charge in [-0.3, -0.25) is 32.9 Å². The number of aliphatic hydroxyl groups is 2. The van der Waals surface area contributed by atoms with Gasteiger partial charge in [-0.15, -0.1) is 0 Å². The number of rotatable bonds is 21. The first-order chi connectivity index (χ1) is 27.1. The summed E-state index contributed by atoms with van der Waals surface area (Å²) in [6.07, 6.45) is -7.55. The lowest BCUT2D eigenvalue weighted by molar-refractivity contribution is -0.347. The van der Waals surface area contributed by atoms with Crippen LogP contribution in [0.3, 0.4) is 0 Å². The lowest BCUT2D eigenvalue weighted by Gasteiger charge is -2.36. The van der Waals surface area contributed by atoms with Crippen molar-refractivity contribution in [3.63, 3.8) is 0 Å². The molecule has 31 heteroatoms. The molecule has 0 saturated carbocycles. The number of imidazole rings is 1. The van der Waals surface area contributed by atoms with Gasteiger partial charge in [0.2, 0.25) is 17.6 Å². The molecular formula is C28H42N7O20P3S-4. The standard InChI is InChI=1S/C23H38N7O17P3S.C5H8O3/c1-12(31)51-7-6-25-14(32)4-5-26-21(35)18(34)23(2,3)9-44-50(41,42)47-49(39,40)43-8-13-17(46-48(36,37)38)16(33)22(45-13)30-11-29-15-19(24)27-10-28-20(15)30;1-3(2)4(6)5(7)8/h10-11,13,16-18,22,33-34H,4-9H2,1-3H3,(H,25,32)(H,26,35)(H,39,40)(H,41,42)(H2,24,27,28)(H2,36,37,38);3H,1-2H3,(H,7,8)/p-4. The topological polar surface area (TPSA) is 429 Å². The number of ketones is 1. The van der Waals surface area contributed by atoms with Crippen molar-refractivity contribution >= 4 is 80.9 Å². The molecule has 7 atom stereocenters. The van der Waals surface area contributed by atoms with Crippen LogP contribution in [0, 0.1) is 11.3 Å². The first-order valence-corrected chi connectivity index (χ1v) is 22.2. The molecule has 27 nitrogen and oxygen atoms in total. The van der Waals surface area contributed by atoms with E-state index in [-0.39, 0.29) is 41.6 Å². The summed E-state index contributed by atoms with van der Waals surface area (Å²) in [5.41, 5.74) is 4.07. The van der Waals surface area contributed by atoms with E-state index in [1.54, 1.807) is 13.8 Å². The van der Waals surface area contributed by atoms with Gasteiger partial charge in [-0.1, -0.05) is 39.5 Å². The summed E-state index contributed by atoms with van der Waals surface area (Å²) < 4.78 is 60.2. The van der Waals surface area contributed by atoms with Crippen LogP contribution in [0.1, 0.15) is 47.3 Å². The monoisotopic (exact) mass is 921 g/mol. The summed E-state index contributed by atoms with van der Waals surface area (Å²) >= 11 is 1.01. The van der Waals surface area contributed by atoms with Gasteiger partial charge in [-0.05, 0) is 0 Å². The SMILES string of the molecule is CC(=O)SCCNC(=O)CCNC(=O)C(O)C(C)(C)COP(=O)([O-])OP(=O)([O-])OCC1OC(n2cnc3c(N)ncnc32)C(O)C1OP(=O)([O-])[O-].CC(C)C(=O)C(=O)O. The number of aliphatic carboxylic acids is 1. The molecular weight excluding hydrogens is 879 g/mol. The summed E-state index contributed by atoms with van der Waals surface area (Å²) in [6.45, 7) is 4.60. The number of nitrogen functional groups attached to an aromatic ring is 1. The van der Waals surface area contributed by atoms with Crippen molar-refractivity contribution in [1.82, 2.24) is 30.2 Å². The van der Waals surface area contributed by atoms with Crippen LogP contribution >= 0.6 is 35.2 Å². The fourth-order valence-electron chi connectivity index (χ4n) is 4.55. The molecule has 0 spiro atoms. The molecule has 0 bridgehead atoms. The second-order valence-corrected chi connectivity index (χ2v) is 18.5. The molecule has 7 unspecified atom stereocenters. The van der Waals surface area contributed by atoms with E-state index in [1.165, 1.54) is 20.8 Å². The largest absolute Gasteiger partial charge is 0.790 e. The van der Waals surface area contributed by atoms with E-state index >= 15 is 0 Å². The lowest BCUT2D eigenvalue weighted by atomic mass is 9.87. The fraction of sp³-hybridized carbons (Fsp3) is 0.643. The Bertz CT molecular complexity index is 1960. The zero-order valence-corrected chi connectivity index (χ0v) is 35.3. The Morgan fingerprint density at radius 1 is 1.03 bits per heavy atom. The fourth-order valence-corrected chi connectivity index (χ4v) is 7.78. The third kappa shape index (κ3) is 16.9. The molecule has 2 aromatic rings. The maximum Gasteiger partial charge on any atom is 0.372 e. The Morgan fingerprint density at radius 2 is 1.66 bits per heavy atom. The molecule has 3 heterocycles. The Hall–Kier alpha value is -3.30. The predicted octanol–water partition coefficient (Wildman–Crippen LogP) is -3.55. The predicted molar refractivity (Wildman–Crippen MR) is 191 cm³/mol. The zero-order valence-electron chi connectivity index (χ0n) is 31.8. The molecule has 1 aliphatic heterocycles. The average molecular weight is 922 g/mol. The number of aliphatic hydroxyl groups excluding tert-OH is 2. The molecule has 59 heavy (non-hydrogen) atoms. The van der Waals surface area contributed by atoms with Gasteiger partial charge in [0.05, 0.1) is 27.4 Å². The van der Waals surface area contributed by atoms with Crippen LogP contribution in [-0.2, 0) is 60.3 Å². The van der Waals surface area contributed by atoms with Crippen LogP contribution in [0.5, 0.6) is 0 Å². The molecule has 1 fully saturated rings. The summed E-state index contributed by atoms with van der Waals surface area (Å²) in [6, 6.07) is 0. The molecule has 3 rings (SSSR count). The number of nitrogens with one attached hydrogen (secondary N) is 2. The smallest absolute Gasteiger partial charge is 0.372 e. The number of amides is 2. The first-order valence-electron chi connectivity index (χ1n) is 16.8. The highest BCUT2D eigenvalue weighted by molar-refractivity contribution is 8.13. The summed E-state index contributed by atoms with van der Waals surface area (Å²) in [4.78, 5) is 114. The number of phosphoric acid groups is 3. The molecule has 0 radical (unpaired) electrons. The summed E-state index contributed by atoms with van der Waals surface area (Å²) in [7, 11) is -17.6. The Labute approximate surface area is 339 Å². The van der Waals surface area contributed by atoms with E-state index in [2.05, 4.69) is 43.5 Å². The van der Waals surface area contributed by atoms with E-state index < -0.39 is 102 Å². The molecule has 2 amide bonds. The minimum Gasteiger partial charge on any atom is -0.790 e. The minimum absolute atomic E-state index is 0.0209. The van der Waals surface area contributed by atoms with Gasteiger partial charge < -0.3 is 74.1 Å². The number of nitrogens with two attached hydrogens (primary N) is 1. The number of fused-ring (bicyclic) bond motifs is 1. The van der Waals surface area contributed by atoms with Crippen LogP contribution in [0.4, 0.5) is 5.82 Å². The average Bonchev–Trinajstić information content (AvgIpc) is 3.67. The van der Waals surface area contributed by atoms with Crippen molar-refractivity contribution in [3.05, 3.63) is 12.7 Å². The number of carboxylic acids is 1. The molecule has 1 aliphatic rings. The second-order valence-electron chi connectivity index (χ2n) is 13.1. The Kier molecular flexibility index (Phi) is 19.3. The highest BCUT2D eigenvalue weighted by Crippen LogP contribution is 2.56. The van der Waals surface area contributed by atoms with Gasteiger partial charge in [0.15, 0.2) is 22.8 Å². The number of nitrogens with zero attached hydrogens (tertiary/aromatic N) is 4. The Morgan fingerprint density at radius 3 is 2.22 bits per heavy atom. The molecule has 1 saturated heterocycles. The summed E-state index contributed by atoms with van der Waals surface area (Å²) in [5, 5.41) is 33.9. The van der Waals surface area contributed by atoms with Crippen LogP contribution in [0.25, 0.3) is 11.2 Å². The number of aromatic nitrogens is 4. The van der Waals surface area contributed by atoms with E-state index in [4.69, 9.17) is 15.6 Å². The van der Waals surface area contributed by atoms with Crippen molar-refractivity contribution in [3.8, 4) is 0 Å². The maximum atomic E-state index is 12.4. The van der Waals surface area contributed by atoms with Gasteiger partial charge in [-0.2, -0.15) is 0 Å². The Balaban J connectivity index is 0.00000135. The van der Waals surface area contributed by atoms with Crippen LogP contribution < -0.4 is 35.9 Å². The number of carbonyl (C=O) groups excluding carboxylic acids is 4. The molecule has 0 aromatic carbocycles. The van der Waals surface area contributed by atoms with E-state index in [1.807, 2.05) is 0 Å². The zero-order chi connectivity index (χ0) is 45.1. The van der Waals surface area contributed by atoms with Crippen molar-refractivity contribution < 1.29 is 95.2 Å². The number of carboxylic acid groups (broad SMARTS) is 1. The van der Waals surface area contributed by atoms with E-state index in [0.717, 1.165) is 29.0 Å². The molecule has 0 aliphatic carbocycles. The van der Waals surface area contributed by atoms with Crippen molar-refractivity contribution in [2.45, 2.75) is 71.7 Å². The van der Waals surface area contributed by atoms with Gasteiger partial charge >= 0.3 is 5.97 Å². The van der Waals surface area contributed by atoms with Gasteiger partial charge in [0.25, 0.3) is 15.6 Å².